The van der Waals surface area contributed by atoms with Crippen molar-refractivity contribution in [2.75, 3.05) is 13.1 Å². The Morgan fingerprint density at radius 3 is 2.42 bits per heavy atom. The summed E-state index contributed by atoms with van der Waals surface area (Å²) in [6.45, 7) is 8.69. The van der Waals surface area contributed by atoms with Gasteiger partial charge in [-0.15, -0.1) is 0 Å². The van der Waals surface area contributed by atoms with Gasteiger partial charge in [0.1, 0.15) is 6.04 Å². The average molecular weight is 339 g/mol. The van der Waals surface area contributed by atoms with Crippen LogP contribution in [0.25, 0.3) is 0 Å². The van der Waals surface area contributed by atoms with E-state index in [0.717, 1.165) is 38.5 Å². The number of hydrogen-bond acceptors (Lipinski definition) is 3. The van der Waals surface area contributed by atoms with E-state index >= 15 is 0 Å². The smallest absolute Gasteiger partial charge is 0.243 e. The van der Waals surface area contributed by atoms with Gasteiger partial charge in [0.25, 0.3) is 0 Å². The topological polar surface area (TPSA) is 78.5 Å². The third-order valence-corrected chi connectivity index (χ3v) is 4.07. The number of hydrogen-bond donors (Lipinski definition) is 2. The number of amides is 3. The molecule has 6 nitrogen and oxygen atoms in total. The second kappa shape index (κ2) is 9.64. The highest BCUT2D eigenvalue weighted by molar-refractivity contribution is 5.88. The summed E-state index contributed by atoms with van der Waals surface area (Å²) in [6, 6.07) is -0.329. The van der Waals surface area contributed by atoms with E-state index < -0.39 is 0 Å². The minimum Gasteiger partial charge on any atom is -0.356 e. The van der Waals surface area contributed by atoms with Crippen LogP contribution >= 0.6 is 0 Å². The molecule has 0 saturated carbocycles. The van der Waals surface area contributed by atoms with Crippen molar-refractivity contribution in [3.63, 3.8) is 0 Å². The van der Waals surface area contributed by atoms with E-state index in [4.69, 9.17) is 0 Å². The number of rotatable bonds is 7. The van der Waals surface area contributed by atoms with E-state index in [1.165, 1.54) is 6.92 Å². The third kappa shape index (κ3) is 7.79. The molecule has 0 aliphatic carbocycles. The molecule has 1 heterocycles. The number of carbonyl (C=O) groups is 3. The fourth-order valence-electron chi connectivity index (χ4n) is 2.94. The number of piperidine rings is 1. The molecule has 1 aliphatic heterocycles. The van der Waals surface area contributed by atoms with Gasteiger partial charge in [0, 0.05) is 32.0 Å². The summed E-state index contributed by atoms with van der Waals surface area (Å²) in [5, 5.41) is 5.75. The van der Waals surface area contributed by atoms with Gasteiger partial charge in [0.15, 0.2) is 0 Å². The SMILES string of the molecule is CC(=O)NCCCCCC(=O)N1CCCCC1C(=O)NC(C)(C)C. The van der Waals surface area contributed by atoms with E-state index in [-0.39, 0.29) is 29.3 Å². The number of carbonyl (C=O) groups excluding carboxylic acids is 3. The van der Waals surface area contributed by atoms with Crippen molar-refractivity contribution in [1.82, 2.24) is 15.5 Å². The Bertz CT molecular complexity index is 443. The molecule has 0 bridgehead atoms. The monoisotopic (exact) mass is 339 g/mol. The van der Waals surface area contributed by atoms with E-state index in [2.05, 4.69) is 10.6 Å². The first kappa shape index (κ1) is 20.5. The predicted octanol–water partition coefficient (Wildman–Crippen LogP) is 1.98. The summed E-state index contributed by atoms with van der Waals surface area (Å²) in [7, 11) is 0. The van der Waals surface area contributed by atoms with E-state index in [1.807, 2.05) is 20.8 Å². The van der Waals surface area contributed by atoms with Gasteiger partial charge in [0.2, 0.25) is 17.7 Å². The molecule has 1 atom stereocenters. The molecule has 1 fully saturated rings. The number of nitrogens with one attached hydrogen (secondary N) is 2. The summed E-state index contributed by atoms with van der Waals surface area (Å²) in [5.74, 6) is 0.0107. The Kier molecular flexibility index (Phi) is 8.22. The first-order valence-corrected chi connectivity index (χ1v) is 9.06. The molecule has 1 saturated heterocycles. The molecule has 3 amide bonds. The maximum Gasteiger partial charge on any atom is 0.243 e. The van der Waals surface area contributed by atoms with Gasteiger partial charge < -0.3 is 15.5 Å². The highest BCUT2D eigenvalue weighted by atomic mass is 16.2. The van der Waals surface area contributed by atoms with Gasteiger partial charge >= 0.3 is 0 Å². The minimum atomic E-state index is -0.329. The zero-order chi connectivity index (χ0) is 18.2. The molecule has 0 aromatic carbocycles. The molecular weight excluding hydrogens is 306 g/mol. The molecule has 1 aliphatic rings. The van der Waals surface area contributed by atoms with Gasteiger partial charge in [-0.25, -0.2) is 0 Å². The number of unbranched alkanes of at least 4 members (excludes halogenated alkanes) is 2. The summed E-state index contributed by atoms with van der Waals surface area (Å²) >= 11 is 0. The van der Waals surface area contributed by atoms with Crippen molar-refractivity contribution < 1.29 is 14.4 Å². The van der Waals surface area contributed by atoms with Crippen molar-refractivity contribution in [2.24, 2.45) is 0 Å². The van der Waals surface area contributed by atoms with Crippen LogP contribution in [-0.4, -0.2) is 47.3 Å². The van der Waals surface area contributed by atoms with Crippen molar-refractivity contribution in [1.29, 1.82) is 0 Å². The summed E-state index contributed by atoms with van der Waals surface area (Å²) in [4.78, 5) is 37.5. The summed E-state index contributed by atoms with van der Waals surface area (Å²) in [5.41, 5.74) is -0.285. The Morgan fingerprint density at radius 2 is 1.79 bits per heavy atom. The zero-order valence-corrected chi connectivity index (χ0v) is 15.6. The fraction of sp³-hybridized carbons (Fsp3) is 0.833. The van der Waals surface area contributed by atoms with Crippen LogP contribution in [0.2, 0.25) is 0 Å². The van der Waals surface area contributed by atoms with Crippen LogP contribution in [0.15, 0.2) is 0 Å². The first-order chi connectivity index (χ1) is 11.2. The van der Waals surface area contributed by atoms with Crippen molar-refractivity contribution in [3.05, 3.63) is 0 Å². The fourth-order valence-corrected chi connectivity index (χ4v) is 2.94. The molecule has 1 unspecified atom stereocenters. The van der Waals surface area contributed by atoms with E-state index in [1.54, 1.807) is 4.90 Å². The van der Waals surface area contributed by atoms with Crippen LogP contribution in [0.4, 0.5) is 0 Å². The summed E-state index contributed by atoms with van der Waals surface area (Å²) in [6.07, 6.45) is 5.74. The highest BCUT2D eigenvalue weighted by Crippen LogP contribution is 2.20. The molecule has 6 heteroatoms. The Morgan fingerprint density at radius 1 is 1.08 bits per heavy atom. The summed E-state index contributed by atoms with van der Waals surface area (Å²) < 4.78 is 0. The van der Waals surface area contributed by atoms with Crippen LogP contribution < -0.4 is 10.6 Å². The largest absolute Gasteiger partial charge is 0.356 e. The maximum absolute atomic E-state index is 12.5. The van der Waals surface area contributed by atoms with Crippen molar-refractivity contribution in [3.8, 4) is 0 Å². The molecule has 0 aromatic rings. The van der Waals surface area contributed by atoms with Crippen LogP contribution in [0, 0.1) is 0 Å². The molecular formula is C18H33N3O3. The van der Waals surface area contributed by atoms with E-state index in [0.29, 0.717) is 19.5 Å². The third-order valence-electron chi connectivity index (χ3n) is 4.07. The lowest BCUT2D eigenvalue weighted by Crippen LogP contribution is -2.55. The molecule has 0 aromatic heterocycles. The molecule has 2 N–H and O–H groups in total. The Hall–Kier alpha value is -1.59. The number of likely N-dealkylation sites (tertiary alicyclic amines) is 1. The first-order valence-electron chi connectivity index (χ1n) is 9.06. The minimum absolute atomic E-state index is 0.0212. The second-order valence-electron chi connectivity index (χ2n) is 7.63. The maximum atomic E-state index is 12.5. The van der Waals surface area contributed by atoms with E-state index in [9.17, 15) is 14.4 Å². The van der Waals surface area contributed by atoms with Gasteiger partial charge in [-0.2, -0.15) is 0 Å². The average Bonchev–Trinajstić information content (AvgIpc) is 2.48. The van der Waals surface area contributed by atoms with Gasteiger partial charge in [0.05, 0.1) is 0 Å². The normalized spacial score (nSPS) is 18.2. The zero-order valence-electron chi connectivity index (χ0n) is 15.6. The second-order valence-corrected chi connectivity index (χ2v) is 7.63. The standard InChI is InChI=1S/C18H33N3O3/c1-14(22)19-12-8-5-6-11-16(23)21-13-9-7-10-15(21)17(24)20-18(2,3)4/h15H,5-13H2,1-4H3,(H,19,22)(H,20,24). The Balaban J connectivity index is 2.42. The van der Waals surface area contributed by atoms with Crippen molar-refractivity contribution in [2.45, 2.75) is 84.2 Å². The van der Waals surface area contributed by atoms with Crippen LogP contribution in [0.3, 0.4) is 0 Å². The van der Waals surface area contributed by atoms with Gasteiger partial charge in [-0.3, -0.25) is 14.4 Å². The Labute approximate surface area is 145 Å². The quantitative estimate of drug-likeness (QED) is 0.696. The highest BCUT2D eigenvalue weighted by Gasteiger charge is 2.33. The molecule has 1 rings (SSSR count). The van der Waals surface area contributed by atoms with Crippen molar-refractivity contribution >= 4 is 17.7 Å². The van der Waals surface area contributed by atoms with Crippen LogP contribution in [0.1, 0.15) is 72.6 Å². The molecule has 0 spiro atoms. The van der Waals surface area contributed by atoms with Gasteiger partial charge in [-0.05, 0) is 52.9 Å². The van der Waals surface area contributed by atoms with Crippen LogP contribution in [0.5, 0.6) is 0 Å². The molecule has 0 radical (unpaired) electrons. The lowest BCUT2D eigenvalue weighted by molar-refractivity contribution is -0.143. The molecule has 24 heavy (non-hydrogen) atoms. The van der Waals surface area contributed by atoms with Crippen LogP contribution in [-0.2, 0) is 14.4 Å². The predicted molar refractivity (Wildman–Crippen MR) is 94.4 cm³/mol. The lowest BCUT2D eigenvalue weighted by atomic mass is 9.99. The lowest BCUT2D eigenvalue weighted by Gasteiger charge is -2.36. The molecule has 138 valence electrons. The van der Waals surface area contributed by atoms with Gasteiger partial charge in [-0.1, -0.05) is 6.42 Å². The number of nitrogens with zero attached hydrogens (tertiary/aromatic N) is 1.